The van der Waals surface area contributed by atoms with Crippen LogP contribution in [0.25, 0.3) is 22.2 Å². The van der Waals surface area contributed by atoms with Crippen LogP contribution < -0.4 is 14.2 Å². The van der Waals surface area contributed by atoms with Crippen LogP contribution in [-0.2, 0) is 10.0 Å². The molecule has 1 heterocycles. The van der Waals surface area contributed by atoms with Crippen LogP contribution in [0.3, 0.4) is 0 Å². The first-order valence-corrected chi connectivity index (χ1v) is 10.1. The predicted octanol–water partition coefficient (Wildman–Crippen LogP) is 3.22. The molecule has 0 aliphatic heterocycles. The van der Waals surface area contributed by atoms with Gasteiger partial charge in [-0.05, 0) is 31.0 Å². The number of hydrogen-bond acceptors (Lipinski definition) is 6. The lowest BCUT2D eigenvalue weighted by Gasteiger charge is -2.11. The highest BCUT2D eigenvalue weighted by Crippen LogP contribution is 2.35. The minimum absolute atomic E-state index is 0.259. The standard InChI is InChI=1S/C19H19N3O4S/c1-25-17-9-15-16(10-18(17)26-2)20-11-21-19(15)12-3-5-13(6-4-12)22-27(23,24)14-7-8-14/h3-6,9-11,14,22H,7-8H2,1-2H3. The van der Waals surface area contributed by atoms with Gasteiger partial charge >= 0.3 is 0 Å². The van der Waals surface area contributed by atoms with Gasteiger partial charge in [0.05, 0.1) is 30.7 Å². The molecule has 0 spiro atoms. The summed E-state index contributed by atoms with van der Waals surface area (Å²) >= 11 is 0. The van der Waals surface area contributed by atoms with Gasteiger partial charge < -0.3 is 9.47 Å². The van der Waals surface area contributed by atoms with E-state index in [0.717, 1.165) is 35.0 Å². The first-order chi connectivity index (χ1) is 13.0. The number of nitrogens with zero attached hydrogens (tertiary/aromatic N) is 2. The van der Waals surface area contributed by atoms with Crippen LogP contribution in [0.5, 0.6) is 11.5 Å². The van der Waals surface area contributed by atoms with Gasteiger partial charge in [-0.25, -0.2) is 18.4 Å². The molecule has 0 unspecified atom stereocenters. The van der Waals surface area contributed by atoms with Crippen molar-refractivity contribution in [2.45, 2.75) is 18.1 Å². The summed E-state index contributed by atoms with van der Waals surface area (Å²) in [5, 5.41) is 0.562. The molecule has 1 N–H and O–H groups in total. The fourth-order valence-corrected chi connectivity index (χ4v) is 4.32. The molecule has 0 radical (unpaired) electrons. The Labute approximate surface area is 157 Å². The van der Waals surface area contributed by atoms with Gasteiger partial charge in [-0.15, -0.1) is 0 Å². The van der Waals surface area contributed by atoms with Crippen LogP contribution >= 0.6 is 0 Å². The molecular weight excluding hydrogens is 366 g/mol. The molecule has 3 aromatic rings. The molecule has 1 aliphatic rings. The summed E-state index contributed by atoms with van der Waals surface area (Å²) in [6.45, 7) is 0. The Bertz CT molecular complexity index is 1090. The molecule has 4 rings (SSSR count). The van der Waals surface area contributed by atoms with Crippen molar-refractivity contribution in [2.75, 3.05) is 18.9 Å². The summed E-state index contributed by atoms with van der Waals surface area (Å²) in [4.78, 5) is 8.71. The first-order valence-electron chi connectivity index (χ1n) is 8.50. The van der Waals surface area contributed by atoms with Crippen LogP contribution in [-0.4, -0.2) is 37.9 Å². The summed E-state index contributed by atoms with van der Waals surface area (Å²) in [6, 6.07) is 10.8. The van der Waals surface area contributed by atoms with Crippen molar-refractivity contribution in [1.29, 1.82) is 0 Å². The SMILES string of the molecule is COc1cc2ncnc(-c3ccc(NS(=O)(=O)C4CC4)cc3)c2cc1OC. The van der Waals surface area contributed by atoms with Crippen molar-refractivity contribution in [2.24, 2.45) is 0 Å². The molecule has 2 aromatic carbocycles. The smallest absolute Gasteiger partial charge is 0.235 e. The lowest BCUT2D eigenvalue weighted by molar-refractivity contribution is 0.356. The summed E-state index contributed by atoms with van der Waals surface area (Å²) in [5.41, 5.74) is 2.86. The van der Waals surface area contributed by atoms with E-state index in [-0.39, 0.29) is 5.25 Å². The molecule has 1 saturated carbocycles. The number of sulfonamides is 1. The molecule has 0 amide bonds. The van der Waals surface area contributed by atoms with Crippen LogP contribution in [0, 0.1) is 0 Å². The molecule has 1 fully saturated rings. The highest BCUT2D eigenvalue weighted by Gasteiger charge is 2.35. The summed E-state index contributed by atoms with van der Waals surface area (Å²) < 4.78 is 37.5. The molecule has 1 aliphatic carbocycles. The van der Waals surface area contributed by atoms with Crippen LogP contribution in [0.15, 0.2) is 42.7 Å². The Kier molecular flexibility index (Phi) is 4.35. The third-order valence-electron chi connectivity index (χ3n) is 4.52. The molecule has 8 heteroatoms. The maximum atomic E-state index is 12.1. The lowest BCUT2D eigenvalue weighted by Crippen LogP contribution is -2.17. The van der Waals surface area contributed by atoms with Crippen molar-refractivity contribution in [1.82, 2.24) is 9.97 Å². The Morgan fingerprint density at radius 2 is 1.67 bits per heavy atom. The van der Waals surface area contributed by atoms with Crippen molar-refractivity contribution < 1.29 is 17.9 Å². The summed E-state index contributed by atoms with van der Waals surface area (Å²) in [5.74, 6) is 1.19. The molecule has 0 atom stereocenters. The lowest BCUT2D eigenvalue weighted by atomic mass is 10.1. The van der Waals surface area contributed by atoms with Gasteiger partial charge in [0, 0.05) is 22.7 Å². The van der Waals surface area contributed by atoms with E-state index in [0.29, 0.717) is 17.2 Å². The quantitative estimate of drug-likeness (QED) is 0.701. The summed E-state index contributed by atoms with van der Waals surface area (Å²) in [7, 11) is -0.121. The minimum atomic E-state index is -3.28. The molecular formula is C19H19N3O4S. The van der Waals surface area contributed by atoms with Gasteiger partial charge in [0.25, 0.3) is 0 Å². The zero-order chi connectivity index (χ0) is 19.0. The third kappa shape index (κ3) is 3.40. The number of hydrogen-bond donors (Lipinski definition) is 1. The minimum Gasteiger partial charge on any atom is -0.493 e. The maximum Gasteiger partial charge on any atom is 0.235 e. The zero-order valence-corrected chi connectivity index (χ0v) is 15.8. The average Bonchev–Trinajstić information content (AvgIpc) is 3.52. The van der Waals surface area contributed by atoms with E-state index in [1.807, 2.05) is 18.2 Å². The van der Waals surface area contributed by atoms with E-state index in [1.54, 1.807) is 32.4 Å². The number of methoxy groups -OCH3 is 2. The second-order valence-electron chi connectivity index (χ2n) is 6.37. The third-order valence-corrected chi connectivity index (χ3v) is 6.39. The highest BCUT2D eigenvalue weighted by atomic mass is 32.2. The number of nitrogens with one attached hydrogen (secondary N) is 1. The average molecular weight is 385 g/mol. The van der Waals surface area contributed by atoms with E-state index in [1.165, 1.54) is 6.33 Å². The van der Waals surface area contributed by atoms with Crippen molar-refractivity contribution in [3.63, 3.8) is 0 Å². The zero-order valence-electron chi connectivity index (χ0n) is 15.0. The van der Waals surface area contributed by atoms with Crippen molar-refractivity contribution in [3.05, 3.63) is 42.7 Å². The van der Waals surface area contributed by atoms with Crippen molar-refractivity contribution in [3.8, 4) is 22.8 Å². The predicted molar refractivity (Wildman–Crippen MR) is 104 cm³/mol. The fourth-order valence-electron chi connectivity index (χ4n) is 2.94. The molecule has 140 valence electrons. The number of rotatable bonds is 6. The molecule has 1 aromatic heterocycles. The molecule has 7 nitrogen and oxygen atoms in total. The second-order valence-corrected chi connectivity index (χ2v) is 8.33. The Balaban J connectivity index is 1.71. The largest absolute Gasteiger partial charge is 0.493 e. The number of ether oxygens (including phenoxy) is 2. The van der Waals surface area contributed by atoms with Crippen LogP contribution in [0.1, 0.15) is 12.8 Å². The van der Waals surface area contributed by atoms with Gasteiger partial charge in [-0.2, -0.15) is 0 Å². The monoisotopic (exact) mass is 385 g/mol. The number of benzene rings is 2. The van der Waals surface area contributed by atoms with Crippen molar-refractivity contribution >= 4 is 26.6 Å². The van der Waals surface area contributed by atoms with Gasteiger partial charge in [-0.3, -0.25) is 4.72 Å². The summed E-state index contributed by atoms with van der Waals surface area (Å²) in [6.07, 6.45) is 2.95. The molecule has 0 saturated heterocycles. The molecule has 27 heavy (non-hydrogen) atoms. The van der Waals surface area contributed by atoms with E-state index in [2.05, 4.69) is 14.7 Å². The normalized spacial score (nSPS) is 14.1. The van der Waals surface area contributed by atoms with E-state index >= 15 is 0 Å². The van der Waals surface area contributed by atoms with Gasteiger partial charge in [0.1, 0.15) is 6.33 Å². The van der Waals surface area contributed by atoms with E-state index in [9.17, 15) is 8.42 Å². The topological polar surface area (TPSA) is 90.4 Å². The second kappa shape index (κ2) is 6.70. The fraction of sp³-hybridized carbons (Fsp3) is 0.263. The Morgan fingerprint density at radius 3 is 2.30 bits per heavy atom. The maximum absolute atomic E-state index is 12.1. The van der Waals surface area contributed by atoms with Crippen LogP contribution in [0.4, 0.5) is 5.69 Å². The van der Waals surface area contributed by atoms with E-state index < -0.39 is 10.0 Å². The highest BCUT2D eigenvalue weighted by molar-refractivity contribution is 7.93. The van der Waals surface area contributed by atoms with E-state index in [4.69, 9.17) is 9.47 Å². The Hall–Kier alpha value is -2.87. The van der Waals surface area contributed by atoms with Gasteiger partial charge in [0.2, 0.25) is 10.0 Å². The molecule has 0 bridgehead atoms. The number of anilines is 1. The number of fused-ring (bicyclic) bond motifs is 1. The Morgan fingerprint density at radius 1 is 1.00 bits per heavy atom. The van der Waals surface area contributed by atoms with Crippen LogP contribution in [0.2, 0.25) is 0 Å². The first kappa shape index (κ1) is 17.5. The van der Waals surface area contributed by atoms with Gasteiger partial charge in [0.15, 0.2) is 11.5 Å². The van der Waals surface area contributed by atoms with Gasteiger partial charge in [-0.1, -0.05) is 12.1 Å². The number of aromatic nitrogens is 2.